The number of Topliss-reactive ketones (excluding diaryl/α,β-unsaturated/α-hetero) is 1. The van der Waals surface area contributed by atoms with E-state index in [0.717, 1.165) is 154 Å². The van der Waals surface area contributed by atoms with E-state index in [1.54, 1.807) is 9.80 Å². The molecule has 1 unspecified atom stereocenters. The fourth-order valence-electron chi connectivity index (χ4n) is 21.7. The number of aliphatic hydroxyl groups excluding tert-OH is 1. The summed E-state index contributed by atoms with van der Waals surface area (Å²) in [7, 11) is 0. The van der Waals surface area contributed by atoms with E-state index in [9.17, 15) is 53.1 Å². The molecule has 8 aliphatic carbocycles. The number of carboxylic acids is 1. The molecule has 4 saturated heterocycles. The van der Waals surface area contributed by atoms with E-state index in [1.807, 2.05) is 74.1 Å². The molecule has 0 bridgehead atoms. The van der Waals surface area contributed by atoms with Crippen molar-refractivity contribution >= 4 is 64.9 Å². The largest absolute Gasteiger partial charge is 0.480 e. The zero-order chi connectivity index (χ0) is 80.1. The molecule has 12 rings (SSSR count). The summed E-state index contributed by atoms with van der Waals surface area (Å²) in [6.07, 6.45) is 23.1. The van der Waals surface area contributed by atoms with E-state index >= 15 is 4.79 Å². The number of nitrogens with zero attached hydrogens (tertiary/aromatic N) is 4. The van der Waals surface area contributed by atoms with Crippen LogP contribution in [-0.2, 0) is 52.7 Å². The molecule has 0 aromatic rings. The van der Waals surface area contributed by atoms with Gasteiger partial charge in [-0.05, 0) is 188 Å². The maximum atomic E-state index is 15.1. The summed E-state index contributed by atoms with van der Waals surface area (Å²) in [6, 6.07) is -6.40. The van der Waals surface area contributed by atoms with Gasteiger partial charge in [0.1, 0.15) is 36.3 Å². The van der Waals surface area contributed by atoms with Crippen molar-refractivity contribution in [1.82, 2.24) is 56.8 Å². The highest BCUT2D eigenvalue weighted by Gasteiger charge is 2.86. The van der Waals surface area contributed by atoms with Gasteiger partial charge in [0.2, 0.25) is 47.1 Å². The fraction of sp³-hybridized carbons (Fsp3) is 0.869. The van der Waals surface area contributed by atoms with Crippen molar-refractivity contribution in [2.75, 3.05) is 26.2 Å². The number of rotatable bonds is 27. The first-order valence-corrected chi connectivity index (χ1v) is 42.6. The van der Waals surface area contributed by atoms with Gasteiger partial charge in [0.15, 0.2) is 6.10 Å². The Hall–Kier alpha value is -5.79. The summed E-state index contributed by atoms with van der Waals surface area (Å²) >= 11 is 0. The lowest BCUT2D eigenvalue weighted by atomic mass is 9.73. The Morgan fingerprint density at radius 1 is 0.477 bits per heavy atom. The number of carbonyl (C=O) groups is 11. The lowest BCUT2D eigenvalue weighted by Gasteiger charge is -2.44. The normalized spacial score (nSPS) is 29.1. The van der Waals surface area contributed by atoms with Crippen LogP contribution < -0.4 is 43.0 Å². The Bertz CT molecular complexity index is 3350. The summed E-state index contributed by atoms with van der Waals surface area (Å²) in [5.74, 6) is -4.55. The second-order valence-electron chi connectivity index (χ2n) is 39.3. The smallest absolute Gasteiger partial charge is 0.320 e. The number of hydrogen-bond donors (Lipinski definition) is 10. The lowest BCUT2D eigenvalue weighted by Crippen LogP contribution is -2.64. The van der Waals surface area contributed by atoms with Crippen molar-refractivity contribution in [3.63, 3.8) is 0 Å². The molecule has 11 N–H and O–H groups in total. The van der Waals surface area contributed by atoms with Crippen LogP contribution in [0.3, 0.4) is 0 Å². The van der Waals surface area contributed by atoms with E-state index in [2.05, 4.69) is 83.7 Å². The Kier molecular flexibility index (Phi) is 26.2. The van der Waals surface area contributed by atoms with Gasteiger partial charge in [0.25, 0.3) is 11.8 Å². The number of aliphatic carboxylic acids is 1. The quantitative estimate of drug-likeness (QED) is 0.0352. The third-order valence-electron chi connectivity index (χ3n) is 29.6. The monoisotopic (exact) mass is 1530 g/mol. The van der Waals surface area contributed by atoms with Crippen LogP contribution in [0, 0.1) is 55.2 Å². The van der Waals surface area contributed by atoms with Crippen molar-refractivity contribution in [3.8, 4) is 0 Å². The molecular weight excluding hydrogens is 1380 g/mol. The molecule has 25 heteroatoms. The van der Waals surface area contributed by atoms with Crippen LogP contribution in [0.2, 0.25) is 0 Å². The molecule has 12 aliphatic rings. The van der Waals surface area contributed by atoms with Gasteiger partial charge < -0.3 is 63.0 Å². The third kappa shape index (κ3) is 16.9. The Morgan fingerprint density at radius 3 is 1.28 bits per heavy atom. The minimum Gasteiger partial charge on any atom is -0.480 e. The van der Waals surface area contributed by atoms with Crippen LogP contribution in [0.15, 0.2) is 0 Å². The highest BCUT2D eigenvalue weighted by Crippen LogP contribution is 2.89. The second kappa shape index (κ2) is 33.3. The fourth-order valence-corrected chi connectivity index (χ4v) is 21.7. The van der Waals surface area contributed by atoms with Gasteiger partial charge in [-0.3, -0.25) is 62.5 Å². The number of ketones is 1. The molecule has 0 aromatic carbocycles. The van der Waals surface area contributed by atoms with Gasteiger partial charge in [-0.2, -0.15) is 0 Å². The van der Waals surface area contributed by atoms with Crippen LogP contribution in [0.4, 0.5) is 0 Å². The predicted molar refractivity (Wildman–Crippen MR) is 416 cm³/mol. The summed E-state index contributed by atoms with van der Waals surface area (Å²) in [5.41, 5.74) is 4.71. The first kappa shape index (κ1) is 85.6. The molecule has 109 heavy (non-hydrogen) atoms. The van der Waals surface area contributed by atoms with Gasteiger partial charge in [-0.1, -0.05) is 147 Å². The van der Waals surface area contributed by atoms with Crippen LogP contribution in [-0.4, -0.2) is 212 Å². The van der Waals surface area contributed by atoms with Gasteiger partial charge >= 0.3 is 5.97 Å². The molecule has 12 fully saturated rings. The molecule has 13 atom stereocenters. The summed E-state index contributed by atoms with van der Waals surface area (Å²) in [5, 5.41) is 40.5. The number of aliphatic hydroxyl groups is 1. The maximum absolute atomic E-state index is 15.1. The molecule has 0 radical (unpaired) electrons. The minimum absolute atomic E-state index is 0.0153. The number of carboxylic acid groups (broad SMARTS) is 1. The second-order valence-corrected chi connectivity index (χ2v) is 39.3. The van der Waals surface area contributed by atoms with E-state index in [4.69, 9.17) is 10.8 Å². The average Bonchev–Trinajstić information content (AvgIpc) is 1.46. The molecule has 4 heterocycles. The van der Waals surface area contributed by atoms with E-state index in [1.165, 1.54) is 0 Å². The van der Waals surface area contributed by atoms with Crippen molar-refractivity contribution in [2.45, 2.75) is 381 Å². The molecule has 0 aromatic heterocycles. The highest BCUT2D eigenvalue weighted by atomic mass is 16.4. The van der Waals surface area contributed by atoms with Crippen molar-refractivity contribution in [1.29, 1.82) is 0 Å². The van der Waals surface area contributed by atoms with Crippen LogP contribution >= 0.6 is 0 Å². The Labute approximate surface area is 650 Å². The highest BCUT2D eigenvalue weighted by molar-refractivity contribution is 6.38. The number of likely N-dealkylation sites (tertiary alicyclic amines) is 4. The number of carbonyl (C=O) groups excluding carboxylic acids is 10. The van der Waals surface area contributed by atoms with Crippen molar-refractivity contribution < 1.29 is 63.0 Å². The van der Waals surface area contributed by atoms with Crippen molar-refractivity contribution in [2.24, 2.45) is 60.9 Å². The predicted octanol–water partition coefficient (Wildman–Crippen LogP) is 7.70. The van der Waals surface area contributed by atoms with Crippen molar-refractivity contribution in [3.05, 3.63) is 0 Å². The SMILES string of the molecule is CC(C)N1CC[C@H]1C(=O)O.CCC[C@H](NC(=O)[C@@H]1C[C@@]2(CN1C(=O)[C@@H](NC(=O)[C@@H](N)C1CCCCC1)C(C)(C)C)C(C)(C)C21CCC1)C(O)C(=O)NC1CC1.CCC[C@H](NC(=O)[C@@H]1C[C@@]2(CN1C(=O)[C@@H](NC(=O)[C@@H](NC(=O)[C@@H]1CCN1C(C)C)C1CCCCC1)C(C)(C)C)C(C)(C)C21CCC1)C(=O)C(=O)NC1CC1. The number of nitrogens with one attached hydrogen (secondary N) is 7. The van der Waals surface area contributed by atoms with E-state index < -0.39 is 94.7 Å². The molecule has 4 spiro atoms. The van der Waals surface area contributed by atoms with Crippen LogP contribution in [0.5, 0.6) is 0 Å². The molecular formula is C84H140N12O13. The Morgan fingerprint density at radius 2 is 0.899 bits per heavy atom. The molecule has 4 aliphatic heterocycles. The first-order valence-electron chi connectivity index (χ1n) is 42.6. The minimum atomic E-state index is -1.37. The maximum Gasteiger partial charge on any atom is 0.320 e. The number of hydrogen-bond acceptors (Lipinski definition) is 15. The van der Waals surface area contributed by atoms with Gasteiger partial charge in [0, 0.05) is 61.2 Å². The standard InChI is InChI=1S/C42H68N6O6.C35H59N5O5.C7H13NO2/c1-9-14-28(32(49)37(53)43-27-17-18-27)44-35(51)30-23-42(40(7,8)41(42)20-13-21-41)24-48(30)38(54)33(39(4,5)6)46-36(52)31(26-15-11-10-12-16-26)45-34(50)29-19-22-47(29)25(2)3;1-7-12-23(26(41)30(44)37-22-15-16-22)38-28(42)24-19-35(33(5,6)34(35)17-11-18-34)20-40(24)31(45)27(32(2,3)4)39-29(43)25(36)21-13-9-8-10-14-21;1-5(2)8-4-3-6(8)7(9)10/h25-31,33H,9-24H2,1-8H3,(H,43,53)(H,44,51)(H,45,50)(H,46,52);21-27,41H,7-20,36H2,1-6H3,(H,37,44)(H,38,42)(H,39,43);5-6H,3-4H2,1-2H3,(H,9,10)/t28-,29-,30-,31-,33+,42+;23-,24-,25-,26?,27+,35+;6-/m000/s1. The molecule has 8 saturated carbocycles. The van der Waals surface area contributed by atoms with Gasteiger partial charge in [-0.15, -0.1) is 0 Å². The van der Waals surface area contributed by atoms with E-state index in [0.29, 0.717) is 57.7 Å². The third-order valence-corrected chi connectivity index (χ3v) is 29.6. The molecule has 9 amide bonds. The van der Waals surface area contributed by atoms with Gasteiger partial charge in [0.05, 0.1) is 24.2 Å². The van der Waals surface area contributed by atoms with Crippen LogP contribution in [0.25, 0.3) is 0 Å². The Balaban J connectivity index is 0.000000208. The number of nitrogens with two attached hydrogens (primary N) is 1. The number of amides is 9. The molecule has 614 valence electrons. The zero-order valence-electron chi connectivity index (χ0n) is 69.2. The van der Waals surface area contributed by atoms with Crippen LogP contribution in [0.1, 0.15) is 291 Å². The zero-order valence-corrected chi connectivity index (χ0v) is 69.2. The van der Waals surface area contributed by atoms with Gasteiger partial charge in [-0.25, -0.2) is 0 Å². The molecule has 25 nitrogen and oxygen atoms in total. The first-order chi connectivity index (χ1) is 51.1. The lowest BCUT2D eigenvalue weighted by molar-refractivity contribution is -0.149. The summed E-state index contributed by atoms with van der Waals surface area (Å²) < 4.78 is 0. The average molecular weight is 1530 g/mol. The topological polar surface area (TPSA) is 351 Å². The van der Waals surface area contributed by atoms with E-state index in [-0.39, 0.29) is 110 Å². The summed E-state index contributed by atoms with van der Waals surface area (Å²) in [6.45, 7) is 35.3. The number of fused-ring (bicyclic) bond motifs is 2. The summed E-state index contributed by atoms with van der Waals surface area (Å²) in [4.78, 5) is 157.